The molecule has 1 aliphatic heterocycles. The summed E-state index contributed by atoms with van der Waals surface area (Å²) in [5, 5.41) is 2.28. The molecule has 29 heavy (non-hydrogen) atoms. The molecular weight excluding hydrogens is 378 g/mol. The summed E-state index contributed by atoms with van der Waals surface area (Å²) in [6, 6.07) is 16.3. The van der Waals surface area contributed by atoms with Gasteiger partial charge in [-0.3, -0.25) is 9.69 Å². The van der Waals surface area contributed by atoms with Gasteiger partial charge >= 0.3 is 0 Å². The van der Waals surface area contributed by atoms with Crippen molar-refractivity contribution in [3.05, 3.63) is 64.8 Å². The highest BCUT2D eigenvalue weighted by Crippen LogP contribution is 2.34. The number of piperidine rings is 1. The topological polar surface area (TPSA) is 49.0 Å². The second-order valence-corrected chi connectivity index (χ2v) is 9.10. The largest absolute Gasteiger partial charge is 0.358 e. The Morgan fingerprint density at radius 2 is 1.86 bits per heavy atom. The molecule has 5 rings (SSSR count). The SMILES string of the molecule is Cc1[nH]c2ccccc2c1C(=O)C(C)N1CCC(c2nc3ccccc3s2)CC1. The highest BCUT2D eigenvalue weighted by Gasteiger charge is 2.30. The Hall–Kier alpha value is -2.50. The summed E-state index contributed by atoms with van der Waals surface area (Å²) >= 11 is 1.82. The maximum atomic E-state index is 13.3. The Morgan fingerprint density at radius 1 is 1.14 bits per heavy atom. The van der Waals surface area contributed by atoms with Crippen LogP contribution in [-0.4, -0.2) is 39.8 Å². The van der Waals surface area contributed by atoms with E-state index < -0.39 is 0 Å². The van der Waals surface area contributed by atoms with Crippen LogP contribution in [0.2, 0.25) is 0 Å². The first-order chi connectivity index (χ1) is 14.1. The number of fused-ring (bicyclic) bond motifs is 2. The van der Waals surface area contributed by atoms with E-state index in [4.69, 9.17) is 4.98 Å². The van der Waals surface area contributed by atoms with Crippen LogP contribution in [0.5, 0.6) is 0 Å². The zero-order valence-corrected chi connectivity index (χ0v) is 17.6. The average molecular weight is 404 g/mol. The second kappa shape index (κ2) is 7.39. The van der Waals surface area contributed by atoms with Crippen LogP contribution in [0.3, 0.4) is 0 Å². The predicted molar refractivity (Wildman–Crippen MR) is 120 cm³/mol. The number of nitrogens with one attached hydrogen (secondary N) is 1. The van der Waals surface area contributed by atoms with Gasteiger partial charge in [0.15, 0.2) is 5.78 Å². The smallest absolute Gasteiger partial charge is 0.182 e. The Balaban J connectivity index is 1.31. The van der Waals surface area contributed by atoms with Crippen LogP contribution in [0.4, 0.5) is 0 Å². The highest BCUT2D eigenvalue weighted by atomic mass is 32.1. The van der Waals surface area contributed by atoms with Crippen LogP contribution >= 0.6 is 11.3 Å². The zero-order chi connectivity index (χ0) is 20.0. The molecule has 4 nitrogen and oxygen atoms in total. The zero-order valence-electron chi connectivity index (χ0n) is 16.8. The minimum atomic E-state index is -0.107. The van der Waals surface area contributed by atoms with E-state index in [0.717, 1.165) is 53.6 Å². The molecule has 1 atom stereocenters. The number of thiazole rings is 1. The number of rotatable bonds is 4. The van der Waals surface area contributed by atoms with E-state index in [1.807, 2.05) is 42.5 Å². The molecule has 0 saturated carbocycles. The van der Waals surface area contributed by atoms with Crippen molar-refractivity contribution >= 4 is 38.2 Å². The standard InChI is InChI=1S/C24H25N3OS/c1-15-22(18-7-3-4-8-19(18)25-15)23(28)16(2)27-13-11-17(12-14-27)24-26-20-9-5-6-10-21(20)29-24/h3-10,16-17,25H,11-14H2,1-2H3. The lowest BCUT2D eigenvalue weighted by Gasteiger charge is -2.34. The number of ketones is 1. The van der Waals surface area contributed by atoms with Crippen molar-refractivity contribution in [2.75, 3.05) is 13.1 Å². The van der Waals surface area contributed by atoms with Crippen molar-refractivity contribution in [1.29, 1.82) is 0 Å². The van der Waals surface area contributed by atoms with Crippen molar-refractivity contribution in [2.45, 2.75) is 38.6 Å². The number of H-pyrrole nitrogens is 1. The molecule has 1 aliphatic rings. The van der Waals surface area contributed by atoms with E-state index in [1.165, 1.54) is 9.71 Å². The van der Waals surface area contributed by atoms with Crippen molar-refractivity contribution in [3.8, 4) is 0 Å². The number of para-hydroxylation sites is 2. The van der Waals surface area contributed by atoms with E-state index in [-0.39, 0.29) is 11.8 Å². The molecule has 148 valence electrons. The lowest BCUT2D eigenvalue weighted by atomic mass is 9.94. The quantitative estimate of drug-likeness (QED) is 0.455. The van der Waals surface area contributed by atoms with E-state index in [1.54, 1.807) is 0 Å². The normalized spacial score (nSPS) is 17.2. The van der Waals surface area contributed by atoms with Crippen molar-refractivity contribution in [2.24, 2.45) is 0 Å². The summed E-state index contributed by atoms with van der Waals surface area (Å²) < 4.78 is 1.27. The molecule has 2 aromatic heterocycles. The Labute approximate surface area is 174 Å². The number of aryl methyl sites for hydroxylation is 1. The number of Topliss-reactive ketones (excluding diaryl/α,β-unsaturated/α-hetero) is 1. The molecule has 0 bridgehead atoms. The van der Waals surface area contributed by atoms with Crippen LogP contribution in [0.1, 0.15) is 46.7 Å². The third kappa shape index (κ3) is 3.28. The monoisotopic (exact) mass is 403 g/mol. The maximum Gasteiger partial charge on any atom is 0.182 e. The van der Waals surface area contributed by atoms with E-state index in [0.29, 0.717) is 5.92 Å². The van der Waals surface area contributed by atoms with Crippen LogP contribution < -0.4 is 0 Å². The van der Waals surface area contributed by atoms with Gasteiger partial charge in [0.25, 0.3) is 0 Å². The average Bonchev–Trinajstić information content (AvgIpc) is 3.33. The van der Waals surface area contributed by atoms with Crippen LogP contribution in [0.15, 0.2) is 48.5 Å². The Kier molecular flexibility index (Phi) is 4.72. The number of nitrogens with zero attached hydrogens (tertiary/aromatic N) is 2. The number of carbonyl (C=O) groups is 1. The summed E-state index contributed by atoms with van der Waals surface area (Å²) in [7, 11) is 0. The number of aromatic nitrogens is 2. The van der Waals surface area contributed by atoms with Crippen LogP contribution in [0, 0.1) is 6.92 Å². The Morgan fingerprint density at radius 3 is 2.66 bits per heavy atom. The van der Waals surface area contributed by atoms with Gasteiger partial charge in [0.05, 0.1) is 21.3 Å². The molecule has 0 amide bonds. The first kappa shape index (κ1) is 18.5. The molecule has 0 radical (unpaired) electrons. The fourth-order valence-electron chi connectivity index (χ4n) is 4.57. The molecule has 3 heterocycles. The lowest BCUT2D eigenvalue weighted by Crippen LogP contribution is -2.43. The Bertz CT molecular complexity index is 1150. The fraction of sp³-hybridized carbons (Fsp3) is 0.333. The van der Waals surface area contributed by atoms with E-state index in [2.05, 4.69) is 41.1 Å². The molecule has 1 N–H and O–H groups in total. The van der Waals surface area contributed by atoms with Crippen molar-refractivity contribution < 1.29 is 4.79 Å². The number of aromatic amines is 1. The summed E-state index contributed by atoms with van der Waals surface area (Å²) in [6.45, 7) is 5.94. The van der Waals surface area contributed by atoms with Gasteiger partial charge in [-0.1, -0.05) is 30.3 Å². The van der Waals surface area contributed by atoms with Gasteiger partial charge in [0.2, 0.25) is 0 Å². The van der Waals surface area contributed by atoms with Crippen LogP contribution in [-0.2, 0) is 0 Å². The van der Waals surface area contributed by atoms with E-state index >= 15 is 0 Å². The summed E-state index contributed by atoms with van der Waals surface area (Å²) in [5.41, 5.74) is 3.96. The predicted octanol–water partition coefficient (Wildman–Crippen LogP) is 5.54. The minimum absolute atomic E-state index is 0.107. The molecule has 4 aromatic rings. The molecule has 2 aromatic carbocycles. The number of likely N-dealkylation sites (tertiary alicyclic amines) is 1. The van der Waals surface area contributed by atoms with E-state index in [9.17, 15) is 4.79 Å². The number of benzene rings is 2. The minimum Gasteiger partial charge on any atom is -0.358 e. The molecule has 5 heteroatoms. The third-order valence-electron chi connectivity index (χ3n) is 6.26. The summed E-state index contributed by atoms with van der Waals surface area (Å²) in [5.74, 6) is 0.721. The first-order valence-electron chi connectivity index (χ1n) is 10.3. The van der Waals surface area contributed by atoms with Gasteiger partial charge in [0.1, 0.15) is 0 Å². The number of hydrogen-bond acceptors (Lipinski definition) is 4. The molecular formula is C24H25N3OS. The highest BCUT2D eigenvalue weighted by molar-refractivity contribution is 7.18. The summed E-state index contributed by atoms with van der Waals surface area (Å²) in [6.07, 6.45) is 2.12. The van der Waals surface area contributed by atoms with Crippen molar-refractivity contribution in [1.82, 2.24) is 14.9 Å². The van der Waals surface area contributed by atoms with Gasteiger partial charge in [-0.2, -0.15) is 0 Å². The molecule has 1 fully saturated rings. The van der Waals surface area contributed by atoms with Crippen LogP contribution in [0.25, 0.3) is 21.1 Å². The van der Waals surface area contributed by atoms with Gasteiger partial charge in [-0.05, 0) is 58.0 Å². The van der Waals surface area contributed by atoms with Gasteiger partial charge in [0, 0.05) is 28.1 Å². The van der Waals surface area contributed by atoms with Gasteiger partial charge < -0.3 is 4.98 Å². The van der Waals surface area contributed by atoms with Gasteiger partial charge in [-0.15, -0.1) is 11.3 Å². The molecule has 0 spiro atoms. The van der Waals surface area contributed by atoms with Crippen molar-refractivity contribution in [3.63, 3.8) is 0 Å². The maximum absolute atomic E-state index is 13.3. The molecule has 0 aliphatic carbocycles. The third-order valence-corrected chi connectivity index (χ3v) is 7.46. The number of carbonyl (C=O) groups excluding carboxylic acids is 1. The lowest BCUT2D eigenvalue weighted by molar-refractivity contribution is 0.0798. The second-order valence-electron chi connectivity index (χ2n) is 8.04. The number of hydrogen-bond donors (Lipinski definition) is 1. The molecule has 1 unspecified atom stereocenters. The fourth-order valence-corrected chi connectivity index (χ4v) is 5.70. The first-order valence-corrected chi connectivity index (χ1v) is 11.1. The van der Waals surface area contributed by atoms with Gasteiger partial charge in [-0.25, -0.2) is 4.98 Å². The molecule has 1 saturated heterocycles. The summed E-state index contributed by atoms with van der Waals surface area (Å²) in [4.78, 5) is 23.9.